The lowest BCUT2D eigenvalue weighted by Crippen LogP contribution is -2.55. The van der Waals surface area contributed by atoms with Crippen molar-refractivity contribution in [3.05, 3.63) is 11.6 Å². The average molecular weight is 303 g/mol. The molecular weight excluding hydrogens is 274 g/mol. The molecule has 3 fully saturated rings. The number of carbonyl (C=O) groups excluding carboxylic acids is 1. The van der Waals surface area contributed by atoms with Crippen molar-refractivity contribution in [2.45, 2.75) is 70.9 Å². The number of carbonyl (C=O) groups is 1. The first-order chi connectivity index (χ1) is 10.4. The predicted molar refractivity (Wildman–Crippen MR) is 86.1 cm³/mol. The largest absolute Gasteiger partial charge is 0.393 e. The third-order valence-electron chi connectivity index (χ3n) is 7.99. The number of rotatable bonds is 0. The molecule has 122 valence electrons. The van der Waals surface area contributed by atoms with Gasteiger partial charge in [0.1, 0.15) is 0 Å². The molecule has 0 aromatic carbocycles. The van der Waals surface area contributed by atoms with Gasteiger partial charge < -0.3 is 10.8 Å². The van der Waals surface area contributed by atoms with Gasteiger partial charge in [-0.1, -0.05) is 19.4 Å². The van der Waals surface area contributed by atoms with Gasteiger partial charge in [0.2, 0.25) is 0 Å². The van der Waals surface area contributed by atoms with E-state index in [-0.39, 0.29) is 28.9 Å². The fourth-order valence-electron chi connectivity index (χ4n) is 6.42. The summed E-state index contributed by atoms with van der Waals surface area (Å²) >= 11 is 0. The van der Waals surface area contributed by atoms with Crippen LogP contribution < -0.4 is 5.73 Å². The van der Waals surface area contributed by atoms with E-state index < -0.39 is 0 Å². The summed E-state index contributed by atoms with van der Waals surface area (Å²) in [5.41, 5.74) is 7.93. The van der Waals surface area contributed by atoms with Crippen molar-refractivity contribution in [1.29, 1.82) is 0 Å². The molecule has 3 saturated carbocycles. The predicted octanol–water partition coefficient (Wildman–Crippen LogP) is 2.82. The second-order valence-corrected chi connectivity index (χ2v) is 8.85. The van der Waals surface area contributed by atoms with Gasteiger partial charge in [-0.15, -0.1) is 0 Å². The zero-order valence-electron chi connectivity index (χ0n) is 13.8. The van der Waals surface area contributed by atoms with Crippen LogP contribution in [0.1, 0.15) is 58.8 Å². The summed E-state index contributed by atoms with van der Waals surface area (Å²) in [7, 11) is 0. The summed E-state index contributed by atoms with van der Waals surface area (Å²) in [6, 6.07) is 0.262. The van der Waals surface area contributed by atoms with Gasteiger partial charge in [-0.3, -0.25) is 4.79 Å². The van der Waals surface area contributed by atoms with E-state index in [1.54, 1.807) is 0 Å². The highest BCUT2D eigenvalue weighted by Crippen LogP contribution is 2.63. The van der Waals surface area contributed by atoms with E-state index >= 15 is 0 Å². The topological polar surface area (TPSA) is 63.3 Å². The molecule has 0 amide bonds. The first kappa shape index (κ1) is 14.9. The summed E-state index contributed by atoms with van der Waals surface area (Å²) in [4.78, 5) is 12.9. The van der Waals surface area contributed by atoms with Crippen LogP contribution >= 0.6 is 0 Å². The number of ketones is 1. The van der Waals surface area contributed by atoms with Crippen LogP contribution in [0.25, 0.3) is 0 Å². The van der Waals surface area contributed by atoms with Crippen molar-refractivity contribution in [2.24, 2.45) is 34.3 Å². The highest BCUT2D eigenvalue weighted by atomic mass is 16.3. The molecular formula is C19H29NO2. The van der Waals surface area contributed by atoms with E-state index in [1.807, 2.05) is 6.08 Å². The number of aliphatic hydroxyl groups is 1. The second kappa shape index (κ2) is 4.67. The molecule has 3 nitrogen and oxygen atoms in total. The number of nitrogens with two attached hydrogens (primary N) is 1. The molecule has 7 atom stereocenters. The monoisotopic (exact) mass is 303 g/mol. The molecule has 0 spiro atoms. The maximum absolute atomic E-state index is 12.9. The molecule has 3 heteroatoms. The van der Waals surface area contributed by atoms with Crippen LogP contribution in [-0.4, -0.2) is 23.0 Å². The third-order valence-corrected chi connectivity index (χ3v) is 7.99. The summed E-state index contributed by atoms with van der Waals surface area (Å²) in [5, 5.41) is 10.0. The lowest BCUT2D eigenvalue weighted by atomic mass is 9.47. The van der Waals surface area contributed by atoms with Gasteiger partial charge in [-0.05, 0) is 73.7 Å². The third kappa shape index (κ3) is 1.78. The summed E-state index contributed by atoms with van der Waals surface area (Å²) in [5.74, 6) is 1.44. The first-order valence-electron chi connectivity index (χ1n) is 9.05. The number of aliphatic hydroxyl groups excluding tert-OH is 1. The molecule has 0 unspecified atom stereocenters. The minimum absolute atomic E-state index is 0.131. The zero-order chi connectivity index (χ0) is 15.7. The fraction of sp³-hybridized carbons (Fsp3) is 0.842. The van der Waals surface area contributed by atoms with E-state index in [0.29, 0.717) is 24.0 Å². The van der Waals surface area contributed by atoms with Gasteiger partial charge in [0, 0.05) is 12.0 Å². The Labute approximate surface area is 133 Å². The smallest absolute Gasteiger partial charge is 0.159 e. The van der Waals surface area contributed by atoms with E-state index in [4.69, 9.17) is 5.73 Å². The highest BCUT2D eigenvalue weighted by Gasteiger charge is 2.60. The molecule has 22 heavy (non-hydrogen) atoms. The van der Waals surface area contributed by atoms with E-state index in [0.717, 1.165) is 32.1 Å². The quantitative estimate of drug-likeness (QED) is 0.723. The summed E-state index contributed by atoms with van der Waals surface area (Å²) in [6.07, 6.45) is 8.76. The lowest BCUT2D eigenvalue weighted by molar-refractivity contribution is -0.133. The van der Waals surface area contributed by atoms with Crippen LogP contribution in [0.15, 0.2) is 11.6 Å². The van der Waals surface area contributed by atoms with Crippen LogP contribution in [-0.2, 0) is 4.79 Å². The Kier molecular flexibility index (Phi) is 3.16. The molecule has 0 saturated heterocycles. The van der Waals surface area contributed by atoms with Crippen LogP contribution in [0.5, 0.6) is 0 Å². The van der Waals surface area contributed by atoms with Crippen molar-refractivity contribution in [3.63, 3.8) is 0 Å². The molecule has 4 rings (SSSR count). The van der Waals surface area contributed by atoms with Gasteiger partial charge in [0.05, 0.1) is 6.10 Å². The van der Waals surface area contributed by atoms with E-state index in [9.17, 15) is 9.90 Å². The Morgan fingerprint density at radius 1 is 1.14 bits per heavy atom. The lowest BCUT2D eigenvalue weighted by Gasteiger charge is -2.56. The Bertz CT molecular complexity index is 542. The van der Waals surface area contributed by atoms with Crippen LogP contribution in [0.4, 0.5) is 0 Å². The zero-order valence-corrected chi connectivity index (χ0v) is 13.8. The Hall–Kier alpha value is -0.670. The summed E-state index contributed by atoms with van der Waals surface area (Å²) < 4.78 is 0. The fourth-order valence-corrected chi connectivity index (χ4v) is 6.42. The van der Waals surface area contributed by atoms with Crippen LogP contribution in [0.2, 0.25) is 0 Å². The van der Waals surface area contributed by atoms with Crippen LogP contribution in [0, 0.1) is 28.6 Å². The number of hydrogen-bond donors (Lipinski definition) is 2. The maximum atomic E-state index is 12.9. The average Bonchev–Trinajstić information content (AvgIpc) is 2.77. The minimum atomic E-state index is -0.252. The Morgan fingerprint density at radius 2 is 1.91 bits per heavy atom. The molecule has 0 heterocycles. The van der Waals surface area contributed by atoms with Gasteiger partial charge in [-0.25, -0.2) is 0 Å². The molecule has 0 radical (unpaired) electrons. The van der Waals surface area contributed by atoms with Crippen molar-refractivity contribution >= 4 is 5.78 Å². The molecule has 0 aromatic rings. The highest BCUT2D eigenvalue weighted by molar-refractivity contribution is 5.94. The molecule has 0 aliphatic heterocycles. The van der Waals surface area contributed by atoms with Crippen molar-refractivity contribution < 1.29 is 9.90 Å². The molecule has 4 aliphatic rings. The standard InChI is InChI=1S/C19H29NO2/c1-18-7-5-12(21)9-11(18)10-15(22)17-13-3-4-16(20)19(13,2)8-6-14(17)18/h10,12-14,16-17,21H,3-9,20H2,1-2H3/t12-,13-,14-,16-,17-,18-,19-/m0/s1. The number of allylic oxidation sites excluding steroid dienone is 1. The molecule has 4 aliphatic carbocycles. The van der Waals surface area contributed by atoms with Gasteiger partial charge in [0.25, 0.3) is 0 Å². The van der Waals surface area contributed by atoms with Crippen LogP contribution in [0.3, 0.4) is 0 Å². The van der Waals surface area contributed by atoms with Crippen molar-refractivity contribution in [2.75, 3.05) is 0 Å². The van der Waals surface area contributed by atoms with E-state index in [2.05, 4.69) is 13.8 Å². The Balaban J connectivity index is 1.75. The van der Waals surface area contributed by atoms with Gasteiger partial charge in [-0.2, -0.15) is 0 Å². The first-order valence-corrected chi connectivity index (χ1v) is 9.05. The summed E-state index contributed by atoms with van der Waals surface area (Å²) in [6.45, 7) is 4.68. The normalized spacial score (nSPS) is 54.3. The SMILES string of the molecule is C[C@]12CC[C@H]3[C@@H](C(=O)C=C4C[C@@H](O)CC[C@@]43C)[C@@H]1CC[C@@H]2N. The van der Waals surface area contributed by atoms with Gasteiger partial charge in [0.15, 0.2) is 5.78 Å². The van der Waals surface area contributed by atoms with Gasteiger partial charge >= 0.3 is 0 Å². The number of hydrogen-bond acceptors (Lipinski definition) is 3. The number of fused-ring (bicyclic) bond motifs is 5. The maximum Gasteiger partial charge on any atom is 0.159 e. The molecule has 3 N–H and O–H groups in total. The minimum Gasteiger partial charge on any atom is -0.393 e. The molecule has 0 bridgehead atoms. The Morgan fingerprint density at radius 3 is 2.68 bits per heavy atom. The van der Waals surface area contributed by atoms with E-state index in [1.165, 1.54) is 12.0 Å². The second-order valence-electron chi connectivity index (χ2n) is 8.85. The van der Waals surface area contributed by atoms with Crippen molar-refractivity contribution in [1.82, 2.24) is 0 Å². The molecule has 0 aromatic heterocycles. The van der Waals surface area contributed by atoms with Crippen molar-refractivity contribution in [3.8, 4) is 0 Å².